The highest BCUT2D eigenvalue weighted by Crippen LogP contribution is 2.04. The number of aromatic nitrogens is 2. The van der Waals surface area contributed by atoms with E-state index < -0.39 is 28.6 Å². The Bertz CT molecular complexity index is 715. The predicted molar refractivity (Wildman–Crippen MR) is 59.6 cm³/mol. The second-order valence-corrected chi connectivity index (χ2v) is 3.43. The summed E-state index contributed by atoms with van der Waals surface area (Å²) in [5.74, 6) is -1.98. The molecule has 0 aliphatic carbocycles. The van der Waals surface area contributed by atoms with Crippen molar-refractivity contribution in [1.82, 2.24) is 9.55 Å². The molecule has 0 saturated heterocycles. The highest BCUT2D eigenvalue weighted by molar-refractivity contribution is 5.86. The first-order chi connectivity index (χ1) is 8.50. The normalized spacial score (nSPS) is 10.3. The molecule has 0 atom stereocenters. The molecule has 0 spiro atoms. The maximum Gasteiger partial charge on any atom is 0.342 e. The van der Waals surface area contributed by atoms with E-state index in [1.54, 1.807) is 0 Å². The van der Waals surface area contributed by atoms with Gasteiger partial charge in [0, 0.05) is 6.20 Å². The van der Waals surface area contributed by atoms with Crippen molar-refractivity contribution in [3.63, 3.8) is 0 Å². The zero-order valence-corrected chi connectivity index (χ0v) is 8.88. The molecule has 0 radical (unpaired) electrons. The molecular formula is C11H7FN2O4. The number of aromatic carboxylic acids is 1. The Morgan fingerprint density at radius 1 is 1.22 bits per heavy atom. The van der Waals surface area contributed by atoms with Crippen LogP contribution in [0.4, 0.5) is 4.39 Å². The molecule has 0 unspecified atom stereocenters. The lowest BCUT2D eigenvalue weighted by Gasteiger charge is -2.04. The van der Waals surface area contributed by atoms with Crippen LogP contribution >= 0.6 is 0 Å². The van der Waals surface area contributed by atoms with Crippen LogP contribution < -0.4 is 11.2 Å². The number of carboxylic acids is 1. The van der Waals surface area contributed by atoms with Crippen LogP contribution in [0.5, 0.6) is 0 Å². The van der Waals surface area contributed by atoms with Gasteiger partial charge in [-0.1, -0.05) is 0 Å². The molecule has 1 aromatic heterocycles. The predicted octanol–water partition coefficient (Wildman–Crippen LogP) is 0.363. The van der Waals surface area contributed by atoms with Gasteiger partial charge >= 0.3 is 11.7 Å². The molecule has 0 aliphatic rings. The number of carbonyl (C=O) groups is 1. The molecule has 6 nitrogen and oxygen atoms in total. The van der Waals surface area contributed by atoms with Gasteiger partial charge in [-0.05, 0) is 24.3 Å². The zero-order valence-electron chi connectivity index (χ0n) is 8.88. The third-order valence-electron chi connectivity index (χ3n) is 2.29. The molecule has 2 aromatic rings. The SMILES string of the molecule is O=C(O)c1c[nH]c(=O)n(-c2ccc(F)cc2)c1=O. The number of nitrogens with zero attached hydrogens (tertiary/aromatic N) is 1. The number of hydrogen-bond donors (Lipinski definition) is 2. The number of benzene rings is 1. The summed E-state index contributed by atoms with van der Waals surface area (Å²) in [5.41, 5.74) is -2.25. The van der Waals surface area contributed by atoms with Crippen LogP contribution in [-0.4, -0.2) is 20.6 Å². The molecule has 2 N–H and O–H groups in total. The van der Waals surface area contributed by atoms with Crippen LogP contribution in [0, 0.1) is 5.82 Å². The first-order valence-electron chi connectivity index (χ1n) is 4.84. The van der Waals surface area contributed by atoms with Crippen LogP contribution in [-0.2, 0) is 0 Å². The topological polar surface area (TPSA) is 92.2 Å². The molecule has 0 aliphatic heterocycles. The summed E-state index contributed by atoms with van der Waals surface area (Å²) in [6.45, 7) is 0. The van der Waals surface area contributed by atoms with Crippen molar-refractivity contribution in [1.29, 1.82) is 0 Å². The second-order valence-electron chi connectivity index (χ2n) is 3.43. The Hall–Kier alpha value is -2.70. The van der Waals surface area contributed by atoms with E-state index in [0.29, 0.717) is 4.57 Å². The average molecular weight is 250 g/mol. The number of aromatic amines is 1. The Morgan fingerprint density at radius 2 is 1.83 bits per heavy atom. The summed E-state index contributed by atoms with van der Waals surface area (Å²) in [6, 6.07) is 4.54. The van der Waals surface area contributed by atoms with Crippen molar-refractivity contribution >= 4 is 5.97 Å². The lowest BCUT2D eigenvalue weighted by Crippen LogP contribution is -2.36. The average Bonchev–Trinajstić information content (AvgIpc) is 2.31. The van der Waals surface area contributed by atoms with E-state index >= 15 is 0 Å². The van der Waals surface area contributed by atoms with E-state index in [2.05, 4.69) is 4.98 Å². The maximum absolute atomic E-state index is 12.7. The van der Waals surface area contributed by atoms with Gasteiger partial charge in [0.05, 0.1) is 5.69 Å². The number of H-pyrrole nitrogens is 1. The van der Waals surface area contributed by atoms with E-state index in [0.717, 1.165) is 18.3 Å². The van der Waals surface area contributed by atoms with Crippen molar-refractivity contribution in [3.05, 3.63) is 62.7 Å². The van der Waals surface area contributed by atoms with E-state index in [-0.39, 0.29) is 5.69 Å². The van der Waals surface area contributed by atoms with Gasteiger partial charge in [0.15, 0.2) is 0 Å². The first kappa shape index (κ1) is 11.8. The second kappa shape index (κ2) is 4.28. The van der Waals surface area contributed by atoms with E-state index in [1.165, 1.54) is 12.1 Å². The van der Waals surface area contributed by atoms with E-state index in [1.807, 2.05) is 0 Å². The quantitative estimate of drug-likeness (QED) is 0.805. The molecule has 2 rings (SSSR count). The van der Waals surface area contributed by atoms with Gasteiger partial charge in [-0.2, -0.15) is 0 Å². The van der Waals surface area contributed by atoms with E-state index in [9.17, 15) is 18.8 Å². The van der Waals surface area contributed by atoms with Crippen LogP contribution in [0.3, 0.4) is 0 Å². The number of rotatable bonds is 2. The van der Waals surface area contributed by atoms with Crippen molar-refractivity contribution in [2.45, 2.75) is 0 Å². The summed E-state index contributed by atoms with van der Waals surface area (Å²) < 4.78 is 13.4. The minimum absolute atomic E-state index is 0.0887. The smallest absolute Gasteiger partial charge is 0.342 e. The fourth-order valence-corrected chi connectivity index (χ4v) is 1.45. The van der Waals surface area contributed by atoms with Gasteiger partial charge in [0.2, 0.25) is 0 Å². The minimum Gasteiger partial charge on any atom is -0.477 e. The third-order valence-corrected chi connectivity index (χ3v) is 2.29. The summed E-state index contributed by atoms with van der Waals surface area (Å²) in [4.78, 5) is 36.2. The molecule has 92 valence electrons. The molecule has 0 amide bonds. The molecule has 7 heteroatoms. The minimum atomic E-state index is -1.45. The van der Waals surface area contributed by atoms with Gasteiger partial charge in [-0.15, -0.1) is 0 Å². The molecule has 1 heterocycles. The highest BCUT2D eigenvalue weighted by Gasteiger charge is 2.14. The van der Waals surface area contributed by atoms with Gasteiger partial charge < -0.3 is 10.1 Å². The Balaban J connectivity index is 2.75. The Kier molecular flexibility index (Phi) is 2.80. The fraction of sp³-hybridized carbons (Fsp3) is 0. The number of nitrogens with one attached hydrogen (secondary N) is 1. The number of halogens is 1. The Morgan fingerprint density at radius 3 is 2.39 bits per heavy atom. The van der Waals surface area contributed by atoms with Gasteiger partial charge in [-0.3, -0.25) is 4.79 Å². The van der Waals surface area contributed by atoms with Gasteiger partial charge in [0.25, 0.3) is 5.56 Å². The van der Waals surface area contributed by atoms with Crippen molar-refractivity contribution in [3.8, 4) is 5.69 Å². The Labute approximate surface area is 98.9 Å². The molecular weight excluding hydrogens is 243 g/mol. The first-order valence-corrected chi connectivity index (χ1v) is 4.84. The highest BCUT2D eigenvalue weighted by atomic mass is 19.1. The number of hydrogen-bond acceptors (Lipinski definition) is 3. The van der Waals surface area contributed by atoms with Crippen LogP contribution in [0.1, 0.15) is 10.4 Å². The third kappa shape index (κ3) is 1.93. The molecule has 18 heavy (non-hydrogen) atoms. The van der Waals surface area contributed by atoms with Gasteiger partial charge in [0.1, 0.15) is 11.4 Å². The van der Waals surface area contributed by atoms with Crippen LogP contribution in [0.25, 0.3) is 5.69 Å². The lowest BCUT2D eigenvalue weighted by atomic mass is 10.3. The standard InChI is InChI=1S/C11H7FN2O4/c12-6-1-3-7(4-2-6)14-9(15)8(10(16)17)5-13-11(14)18/h1-5H,(H,13,18)(H,16,17). The van der Waals surface area contributed by atoms with Crippen LogP contribution in [0.15, 0.2) is 40.1 Å². The molecule has 0 fully saturated rings. The van der Waals surface area contributed by atoms with Crippen molar-refractivity contribution < 1.29 is 14.3 Å². The summed E-state index contributed by atoms with van der Waals surface area (Å²) in [6.07, 6.45) is 0.826. The van der Waals surface area contributed by atoms with Crippen LogP contribution in [0.2, 0.25) is 0 Å². The zero-order chi connectivity index (χ0) is 13.3. The molecule has 1 aromatic carbocycles. The van der Waals surface area contributed by atoms with Crippen molar-refractivity contribution in [2.24, 2.45) is 0 Å². The lowest BCUT2D eigenvalue weighted by molar-refractivity contribution is 0.0694. The van der Waals surface area contributed by atoms with E-state index in [4.69, 9.17) is 5.11 Å². The fourth-order valence-electron chi connectivity index (χ4n) is 1.45. The largest absolute Gasteiger partial charge is 0.477 e. The van der Waals surface area contributed by atoms with Crippen molar-refractivity contribution in [2.75, 3.05) is 0 Å². The summed E-state index contributed by atoms with van der Waals surface area (Å²) in [5, 5.41) is 8.78. The summed E-state index contributed by atoms with van der Waals surface area (Å²) >= 11 is 0. The maximum atomic E-state index is 12.7. The number of carboxylic acid groups (broad SMARTS) is 1. The monoisotopic (exact) mass is 250 g/mol. The molecule has 0 saturated carbocycles. The molecule has 0 bridgehead atoms. The summed E-state index contributed by atoms with van der Waals surface area (Å²) in [7, 11) is 0. The van der Waals surface area contributed by atoms with Gasteiger partial charge in [-0.25, -0.2) is 18.5 Å².